The summed E-state index contributed by atoms with van der Waals surface area (Å²) in [4.78, 5) is 4.17. The molecule has 1 saturated heterocycles. The molecular weight excluding hydrogens is 257 g/mol. The van der Waals surface area contributed by atoms with Crippen LogP contribution in [0.2, 0.25) is 0 Å². The van der Waals surface area contributed by atoms with Crippen LogP contribution < -0.4 is 5.32 Å². The molecule has 2 N–H and O–H groups in total. The summed E-state index contributed by atoms with van der Waals surface area (Å²) in [5.74, 6) is 0.930. The van der Waals surface area contributed by atoms with Crippen molar-refractivity contribution in [2.24, 2.45) is 0 Å². The number of nitrogens with one attached hydrogen (secondary N) is 2. The number of hydrogen-bond donors (Lipinski definition) is 2. The lowest BCUT2D eigenvalue weighted by Crippen LogP contribution is -2.40. The molecule has 1 aromatic carbocycles. The van der Waals surface area contributed by atoms with Crippen molar-refractivity contribution in [3.05, 3.63) is 35.7 Å². The lowest BCUT2D eigenvalue weighted by atomic mass is 10.0. The predicted molar refractivity (Wildman–Crippen MR) is 62.4 cm³/mol. The number of hydrogen-bond acceptors (Lipinski definition) is 3. The third-order valence-corrected chi connectivity index (χ3v) is 3.14. The molecule has 1 aliphatic rings. The summed E-state index contributed by atoms with van der Waals surface area (Å²) in [6, 6.07) is 5.33. The Morgan fingerprint density at radius 2 is 1.89 bits per heavy atom. The minimum absolute atomic E-state index is 0.00443. The fourth-order valence-electron chi connectivity index (χ4n) is 1.98. The maximum atomic E-state index is 12.9. The SMILES string of the molecule is FC(F)(F)c1ccccc1-c1n[nH]c(C2CNC2)n1. The Morgan fingerprint density at radius 3 is 2.53 bits per heavy atom. The topological polar surface area (TPSA) is 53.6 Å². The van der Waals surface area contributed by atoms with Crippen molar-refractivity contribution in [2.45, 2.75) is 12.1 Å². The molecule has 0 aliphatic carbocycles. The van der Waals surface area contributed by atoms with E-state index in [1.165, 1.54) is 12.1 Å². The Balaban J connectivity index is 1.99. The first-order valence-electron chi connectivity index (χ1n) is 5.85. The summed E-state index contributed by atoms with van der Waals surface area (Å²) in [7, 11) is 0. The van der Waals surface area contributed by atoms with E-state index in [0.29, 0.717) is 5.82 Å². The van der Waals surface area contributed by atoms with Crippen LogP contribution in [0.3, 0.4) is 0 Å². The molecule has 3 rings (SSSR count). The summed E-state index contributed by atoms with van der Waals surface area (Å²) in [5.41, 5.74) is -0.711. The number of H-pyrrole nitrogens is 1. The Kier molecular flexibility index (Phi) is 2.78. The van der Waals surface area contributed by atoms with Crippen molar-refractivity contribution in [1.82, 2.24) is 20.5 Å². The van der Waals surface area contributed by atoms with E-state index < -0.39 is 11.7 Å². The molecule has 0 atom stereocenters. The number of aromatic nitrogens is 3. The molecule has 0 radical (unpaired) electrons. The van der Waals surface area contributed by atoms with Crippen LogP contribution in [0.1, 0.15) is 17.3 Å². The first-order chi connectivity index (χ1) is 9.05. The quantitative estimate of drug-likeness (QED) is 0.877. The summed E-state index contributed by atoms with van der Waals surface area (Å²) >= 11 is 0. The molecule has 100 valence electrons. The number of nitrogens with zero attached hydrogens (tertiary/aromatic N) is 2. The second kappa shape index (κ2) is 4.34. The minimum Gasteiger partial charge on any atom is -0.315 e. The number of aromatic amines is 1. The van der Waals surface area contributed by atoms with Gasteiger partial charge < -0.3 is 5.32 Å². The van der Waals surface area contributed by atoms with Crippen molar-refractivity contribution in [2.75, 3.05) is 13.1 Å². The lowest BCUT2D eigenvalue weighted by Gasteiger charge is -2.24. The smallest absolute Gasteiger partial charge is 0.315 e. The second-order valence-corrected chi connectivity index (χ2v) is 4.44. The average molecular weight is 268 g/mol. The maximum absolute atomic E-state index is 12.9. The van der Waals surface area contributed by atoms with Gasteiger partial charge in [-0.05, 0) is 6.07 Å². The highest BCUT2D eigenvalue weighted by Gasteiger charge is 2.34. The fraction of sp³-hybridized carbons (Fsp3) is 0.333. The number of rotatable bonds is 2. The van der Waals surface area contributed by atoms with Crippen LogP contribution in [0.25, 0.3) is 11.4 Å². The van der Waals surface area contributed by atoms with Gasteiger partial charge in [0, 0.05) is 24.6 Å². The van der Waals surface area contributed by atoms with Crippen LogP contribution in [-0.2, 0) is 6.18 Å². The van der Waals surface area contributed by atoms with E-state index in [-0.39, 0.29) is 17.3 Å². The van der Waals surface area contributed by atoms with Gasteiger partial charge in [-0.25, -0.2) is 4.98 Å². The molecule has 1 aromatic heterocycles. The van der Waals surface area contributed by atoms with Gasteiger partial charge in [-0.1, -0.05) is 18.2 Å². The zero-order valence-electron chi connectivity index (χ0n) is 9.83. The van der Waals surface area contributed by atoms with Gasteiger partial charge in [0.25, 0.3) is 0 Å². The summed E-state index contributed by atoms with van der Waals surface area (Å²) < 4.78 is 38.7. The van der Waals surface area contributed by atoms with E-state index in [4.69, 9.17) is 0 Å². The van der Waals surface area contributed by atoms with Crippen LogP contribution >= 0.6 is 0 Å². The highest BCUT2D eigenvalue weighted by atomic mass is 19.4. The monoisotopic (exact) mass is 268 g/mol. The molecule has 4 nitrogen and oxygen atoms in total. The Labute approximate surface area is 107 Å². The molecule has 0 amide bonds. The van der Waals surface area contributed by atoms with Gasteiger partial charge in [-0.3, -0.25) is 5.10 Å². The number of halogens is 3. The van der Waals surface area contributed by atoms with Crippen molar-refractivity contribution in [3.8, 4) is 11.4 Å². The van der Waals surface area contributed by atoms with Crippen LogP contribution in [0, 0.1) is 0 Å². The van der Waals surface area contributed by atoms with E-state index in [0.717, 1.165) is 19.2 Å². The van der Waals surface area contributed by atoms with E-state index >= 15 is 0 Å². The molecular formula is C12H11F3N4. The van der Waals surface area contributed by atoms with Crippen LogP contribution in [0.4, 0.5) is 13.2 Å². The summed E-state index contributed by atoms with van der Waals surface area (Å²) in [6.07, 6.45) is -4.41. The Hall–Kier alpha value is -1.89. The largest absolute Gasteiger partial charge is 0.417 e. The average Bonchev–Trinajstić information content (AvgIpc) is 2.75. The van der Waals surface area contributed by atoms with Gasteiger partial charge in [0.2, 0.25) is 0 Å². The molecule has 0 unspecified atom stereocenters. The normalized spacial score (nSPS) is 16.4. The van der Waals surface area contributed by atoms with Crippen molar-refractivity contribution in [3.63, 3.8) is 0 Å². The lowest BCUT2D eigenvalue weighted by molar-refractivity contribution is -0.137. The zero-order valence-corrected chi connectivity index (χ0v) is 9.83. The summed E-state index contributed by atoms with van der Waals surface area (Å²) in [5, 5.41) is 9.69. The van der Waals surface area contributed by atoms with Gasteiger partial charge in [0.05, 0.1) is 5.56 Å². The third-order valence-electron chi connectivity index (χ3n) is 3.14. The second-order valence-electron chi connectivity index (χ2n) is 4.44. The van der Waals surface area contributed by atoms with Gasteiger partial charge in [-0.15, -0.1) is 0 Å². The molecule has 0 spiro atoms. The van der Waals surface area contributed by atoms with Crippen LogP contribution in [0.15, 0.2) is 24.3 Å². The maximum Gasteiger partial charge on any atom is 0.417 e. The fourth-order valence-corrected chi connectivity index (χ4v) is 1.98. The Morgan fingerprint density at radius 1 is 1.16 bits per heavy atom. The molecule has 19 heavy (non-hydrogen) atoms. The highest BCUT2D eigenvalue weighted by molar-refractivity contribution is 5.60. The number of alkyl halides is 3. The molecule has 0 saturated carbocycles. The van der Waals surface area contributed by atoms with Gasteiger partial charge >= 0.3 is 6.18 Å². The molecule has 2 heterocycles. The summed E-state index contributed by atoms with van der Waals surface area (Å²) in [6.45, 7) is 1.55. The highest BCUT2D eigenvalue weighted by Crippen LogP contribution is 2.35. The molecule has 1 aliphatic heterocycles. The number of benzene rings is 1. The molecule has 0 bridgehead atoms. The zero-order chi connectivity index (χ0) is 13.5. The molecule has 2 aromatic rings. The van der Waals surface area contributed by atoms with E-state index in [2.05, 4.69) is 20.5 Å². The first kappa shape index (κ1) is 12.2. The van der Waals surface area contributed by atoms with Gasteiger partial charge in [0.15, 0.2) is 5.82 Å². The van der Waals surface area contributed by atoms with Gasteiger partial charge in [0.1, 0.15) is 5.82 Å². The third kappa shape index (κ3) is 2.21. The van der Waals surface area contributed by atoms with E-state index in [9.17, 15) is 13.2 Å². The van der Waals surface area contributed by atoms with Gasteiger partial charge in [-0.2, -0.15) is 18.3 Å². The molecule has 7 heteroatoms. The van der Waals surface area contributed by atoms with Crippen molar-refractivity contribution >= 4 is 0 Å². The van der Waals surface area contributed by atoms with E-state index in [1.54, 1.807) is 6.07 Å². The standard InChI is InChI=1S/C12H11F3N4/c13-12(14,15)9-4-2-1-3-8(9)11-17-10(18-19-11)7-5-16-6-7/h1-4,7,16H,5-6H2,(H,17,18,19). The predicted octanol–water partition coefficient (Wildman–Crippen LogP) is 2.18. The van der Waals surface area contributed by atoms with E-state index in [1.807, 2.05) is 0 Å². The van der Waals surface area contributed by atoms with Crippen molar-refractivity contribution < 1.29 is 13.2 Å². The van der Waals surface area contributed by atoms with Crippen LogP contribution in [-0.4, -0.2) is 28.3 Å². The Bertz CT molecular complexity index is 587. The minimum atomic E-state index is -4.41. The van der Waals surface area contributed by atoms with Crippen molar-refractivity contribution in [1.29, 1.82) is 0 Å². The first-order valence-corrected chi connectivity index (χ1v) is 5.85. The van der Waals surface area contributed by atoms with Crippen LogP contribution in [0.5, 0.6) is 0 Å². The molecule has 1 fully saturated rings.